The van der Waals surface area contributed by atoms with E-state index in [2.05, 4.69) is 10.0 Å². The van der Waals surface area contributed by atoms with Crippen molar-refractivity contribution in [3.63, 3.8) is 0 Å². The van der Waals surface area contributed by atoms with Crippen LogP contribution in [-0.2, 0) is 16.2 Å². The Labute approximate surface area is 181 Å². The molecule has 0 aliphatic rings. The van der Waals surface area contributed by atoms with Crippen LogP contribution in [0.1, 0.15) is 21.5 Å². The first kappa shape index (κ1) is 22.6. The van der Waals surface area contributed by atoms with Gasteiger partial charge in [-0.2, -0.15) is 13.2 Å². The summed E-state index contributed by atoms with van der Waals surface area (Å²) in [4.78, 5) is 12.2. The van der Waals surface area contributed by atoms with Crippen molar-refractivity contribution in [1.82, 2.24) is 0 Å². The lowest BCUT2D eigenvalue weighted by Crippen LogP contribution is -2.16. The van der Waals surface area contributed by atoms with Crippen molar-refractivity contribution in [2.45, 2.75) is 18.0 Å². The molecule has 31 heavy (non-hydrogen) atoms. The SMILES string of the molecule is Cc1ccc(NS(=O)(=O)c2cc(C(=O)Nc3ccc(C(F)(F)F)cc3)ccc2Cl)cc1. The molecule has 0 atom stereocenters. The Bertz CT molecular complexity index is 1210. The summed E-state index contributed by atoms with van der Waals surface area (Å²) in [6, 6.07) is 14.2. The molecule has 2 N–H and O–H groups in total. The Kier molecular flexibility index (Phi) is 6.28. The third kappa shape index (κ3) is 5.56. The zero-order valence-electron chi connectivity index (χ0n) is 16.0. The highest BCUT2D eigenvalue weighted by Gasteiger charge is 2.30. The zero-order valence-corrected chi connectivity index (χ0v) is 17.6. The predicted octanol–water partition coefficient (Wildman–Crippen LogP) is 5.72. The molecule has 0 aliphatic carbocycles. The molecule has 0 saturated carbocycles. The van der Waals surface area contributed by atoms with E-state index in [4.69, 9.17) is 11.6 Å². The minimum Gasteiger partial charge on any atom is -0.322 e. The first-order valence-corrected chi connectivity index (χ1v) is 10.7. The number of amides is 1. The second-order valence-electron chi connectivity index (χ2n) is 6.65. The second kappa shape index (κ2) is 8.60. The molecule has 0 heterocycles. The van der Waals surface area contributed by atoms with Gasteiger partial charge in [-0.15, -0.1) is 0 Å². The van der Waals surface area contributed by atoms with Crippen LogP contribution in [0.2, 0.25) is 5.02 Å². The molecular formula is C21H16ClF3N2O3S. The van der Waals surface area contributed by atoms with Crippen molar-refractivity contribution in [1.29, 1.82) is 0 Å². The first-order valence-electron chi connectivity index (χ1n) is 8.83. The topological polar surface area (TPSA) is 75.3 Å². The number of carbonyl (C=O) groups excluding carboxylic acids is 1. The second-order valence-corrected chi connectivity index (χ2v) is 8.70. The monoisotopic (exact) mass is 468 g/mol. The first-order chi connectivity index (χ1) is 14.5. The lowest BCUT2D eigenvalue weighted by molar-refractivity contribution is -0.137. The molecule has 3 aromatic carbocycles. The Balaban J connectivity index is 1.82. The van der Waals surface area contributed by atoms with E-state index in [1.54, 1.807) is 24.3 Å². The maximum absolute atomic E-state index is 12.7. The minimum absolute atomic E-state index is 0.0337. The average molecular weight is 469 g/mol. The Morgan fingerprint density at radius 3 is 2.06 bits per heavy atom. The number of rotatable bonds is 5. The zero-order chi connectivity index (χ0) is 22.8. The van der Waals surface area contributed by atoms with Crippen molar-refractivity contribution in [3.8, 4) is 0 Å². The normalized spacial score (nSPS) is 11.8. The molecule has 0 aromatic heterocycles. The number of hydrogen-bond acceptors (Lipinski definition) is 3. The van der Waals surface area contributed by atoms with Crippen LogP contribution >= 0.6 is 11.6 Å². The third-order valence-corrected chi connectivity index (χ3v) is 6.12. The number of nitrogens with one attached hydrogen (secondary N) is 2. The van der Waals surface area contributed by atoms with Crippen LogP contribution in [0, 0.1) is 6.92 Å². The van der Waals surface area contributed by atoms with Crippen LogP contribution in [0.5, 0.6) is 0 Å². The van der Waals surface area contributed by atoms with Gasteiger partial charge in [0.15, 0.2) is 0 Å². The van der Waals surface area contributed by atoms with Crippen LogP contribution in [0.25, 0.3) is 0 Å². The summed E-state index contributed by atoms with van der Waals surface area (Å²) >= 11 is 6.04. The average Bonchev–Trinajstić information content (AvgIpc) is 2.69. The van der Waals surface area contributed by atoms with Crippen LogP contribution in [0.4, 0.5) is 24.5 Å². The minimum atomic E-state index is -4.49. The van der Waals surface area contributed by atoms with Gasteiger partial charge in [0.2, 0.25) is 0 Å². The van der Waals surface area contributed by atoms with Crippen LogP contribution in [0.15, 0.2) is 71.6 Å². The molecule has 0 aliphatic heterocycles. The predicted molar refractivity (Wildman–Crippen MR) is 113 cm³/mol. The molecule has 1 amide bonds. The highest BCUT2D eigenvalue weighted by molar-refractivity contribution is 7.92. The fourth-order valence-electron chi connectivity index (χ4n) is 2.63. The van der Waals surface area contributed by atoms with Crippen LogP contribution < -0.4 is 10.0 Å². The molecule has 3 rings (SSSR count). The largest absolute Gasteiger partial charge is 0.416 e. The third-order valence-electron chi connectivity index (χ3n) is 4.26. The van der Waals surface area contributed by atoms with Gasteiger partial charge in [-0.1, -0.05) is 29.3 Å². The molecule has 5 nitrogen and oxygen atoms in total. The van der Waals surface area contributed by atoms with E-state index in [1.165, 1.54) is 12.1 Å². The standard InChI is InChI=1S/C21H16ClF3N2O3S/c1-13-2-7-17(8-3-13)27-31(29,30)19-12-14(4-11-18(19)22)20(28)26-16-9-5-15(6-10-16)21(23,24)25/h2-12,27H,1H3,(H,26,28). The number of aryl methyl sites for hydroxylation is 1. The van der Waals surface area contributed by atoms with Crippen LogP contribution in [-0.4, -0.2) is 14.3 Å². The Morgan fingerprint density at radius 1 is 0.903 bits per heavy atom. The number of halogens is 4. The van der Waals surface area contributed by atoms with E-state index < -0.39 is 27.7 Å². The highest BCUT2D eigenvalue weighted by atomic mass is 35.5. The number of carbonyl (C=O) groups is 1. The molecule has 0 fully saturated rings. The molecule has 10 heteroatoms. The Morgan fingerprint density at radius 2 is 1.48 bits per heavy atom. The number of alkyl halides is 3. The summed E-state index contributed by atoms with van der Waals surface area (Å²) in [6.45, 7) is 1.86. The summed E-state index contributed by atoms with van der Waals surface area (Å²) in [5.41, 5.74) is 0.500. The summed E-state index contributed by atoms with van der Waals surface area (Å²) in [6.07, 6.45) is -4.49. The van der Waals surface area contributed by atoms with E-state index in [-0.39, 0.29) is 21.2 Å². The van der Waals surface area contributed by atoms with Gasteiger partial charge in [-0.05, 0) is 61.5 Å². The molecule has 0 unspecified atom stereocenters. The van der Waals surface area contributed by atoms with Crippen molar-refractivity contribution >= 4 is 38.9 Å². The summed E-state index contributed by atoms with van der Waals surface area (Å²) in [7, 11) is -4.09. The molecule has 0 spiro atoms. The maximum Gasteiger partial charge on any atom is 0.416 e. The Hall–Kier alpha value is -3.04. The lowest BCUT2D eigenvalue weighted by atomic mass is 10.1. The van der Waals surface area contributed by atoms with Gasteiger partial charge in [0, 0.05) is 16.9 Å². The molecular weight excluding hydrogens is 453 g/mol. The van der Waals surface area contributed by atoms with Crippen molar-refractivity contribution in [2.75, 3.05) is 10.0 Å². The fourth-order valence-corrected chi connectivity index (χ4v) is 4.21. The number of sulfonamides is 1. The summed E-state index contributed by atoms with van der Waals surface area (Å²) in [5, 5.41) is 2.33. The van der Waals surface area contributed by atoms with E-state index in [0.717, 1.165) is 35.9 Å². The van der Waals surface area contributed by atoms with E-state index in [9.17, 15) is 26.4 Å². The summed E-state index contributed by atoms with van der Waals surface area (Å²) in [5.74, 6) is -0.705. The smallest absolute Gasteiger partial charge is 0.322 e. The molecule has 3 aromatic rings. The molecule has 0 saturated heterocycles. The molecule has 162 valence electrons. The number of benzene rings is 3. The van der Waals surface area contributed by atoms with Gasteiger partial charge in [-0.3, -0.25) is 9.52 Å². The number of hydrogen-bond donors (Lipinski definition) is 2. The highest BCUT2D eigenvalue weighted by Crippen LogP contribution is 2.30. The van der Waals surface area contributed by atoms with Crippen molar-refractivity contribution in [2.24, 2.45) is 0 Å². The van der Waals surface area contributed by atoms with Crippen molar-refractivity contribution < 1.29 is 26.4 Å². The number of anilines is 2. The molecule has 0 radical (unpaired) electrons. The van der Waals surface area contributed by atoms with Gasteiger partial charge in [0.05, 0.1) is 10.6 Å². The van der Waals surface area contributed by atoms with Gasteiger partial charge in [0.25, 0.3) is 15.9 Å². The van der Waals surface area contributed by atoms with E-state index >= 15 is 0 Å². The van der Waals surface area contributed by atoms with Gasteiger partial charge < -0.3 is 5.32 Å². The van der Waals surface area contributed by atoms with E-state index in [0.29, 0.717) is 5.69 Å². The van der Waals surface area contributed by atoms with Gasteiger partial charge in [-0.25, -0.2) is 8.42 Å². The maximum atomic E-state index is 12.7. The van der Waals surface area contributed by atoms with Crippen molar-refractivity contribution in [3.05, 3.63) is 88.4 Å². The quantitative estimate of drug-likeness (QED) is 0.503. The summed E-state index contributed by atoms with van der Waals surface area (Å²) < 4.78 is 65.8. The lowest BCUT2D eigenvalue weighted by Gasteiger charge is -2.12. The molecule has 0 bridgehead atoms. The fraction of sp³-hybridized carbons (Fsp3) is 0.0952. The van der Waals surface area contributed by atoms with E-state index in [1.807, 2.05) is 6.92 Å². The van der Waals surface area contributed by atoms with Gasteiger partial charge >= 0.3 is 6.18 Å². The van der Waals surface area contributed by atoms with Gasteiger partial charge in [0.1, 0.15) is 4.90 Å². The van der Waals surface area contributed by atoms with Crippen LogP contribution in [0.3, 0.4) is 0 Å².